The van der Waals surface area contributed by atoms with Crippen molar-refractivity contribution in [2.24, 2.45) is 17.6 Å². The second kappa shape index (κ2) is 5.49. The van der Waals surface area contributed by atoms with Gasteiger partial charge in [0.1, 0.15) is 0 Å². The van der Waals surface area contributed by atoms with E-state index in [1.807, 2.05) is 4.90 Å². The Morgan fingerprint density at radius 1 is 1.12 bits per heavy atom. The van der Waals surface area contributed by atoms with Gasteiger partial charge < -0.3 is 16.0 Å². The lowest BCUT2D eigenvalue weighted by Crippen LogP contribution is -2.43. The monoisotopic (exact) mass is 239 g/mol. The third-order valence-corrected chi connectivity index (χ3v) is 3.33. The van der Waals surface area contributed by atoms with Crippen molar-refractivity contribution in [3.8, 4) is 0 Å². The van der Waals surface area contributed by atoms with Gasteiger partial charge in [0.25, 0.3) is 0 Å². The van der Waals surface area contributed by atoms with Crippen LogP contribution in [0.15, 0.2) is 0 Å². The zero-order valence-corrected chi connectivity index (χ0v) is 10.2. The van der Waals surface area contributed by atoms with Crippen LogP contribution < -0.4 is 11.1 Å². The number of nitrogens with zero attached hydrogens (tertiary/aromatic N) is 1. The van der Waals surface area contributed by atoms with Crippen LogP contribution in [-0.4, -0.2) is 42.9 Å². The first kappa shape index (κ1) is 12.4. The van der Waals surface area contributed by atoms with Crippen molar-refractivity contribution in [2.75, 3.05) is 26.2 Å². The normalized spacial score (nSPS) is 18.9. The molecule has 0 heterocycles. The molecular formula is C12H21N3O2. The number of hydrogen-bond acceptors (Lipinski definition) is 3. The molecule has 3 N–H and O–H groups in total. The Morgan fingerprint density at radius 2 is 1.65 bits per heavy atom. The van der Waals surface area contributed by atoms with Crippen LogP contribution in [0.2, 0.25) is 0 Å². The van der Waals surface area contributed by atoms with Crippen molar-refractivity contribution in [3.63, 3.8) is 0 Å². The maximum atomic E-state index is 12.0. The van der Waals surface area contributed by atoms with Crippen molar-refractivity contribution in [1.29, 1.82) is 0 Å². The Morgan fingerprint density at radius 3 is 2.06 bits per heavy atom. The molecule has 2 fully saturated rings. The van der Waals surface area contributed by atoms with Crippen LogP contribution in [0.25, 0.3) is 0 Å². The molecule has 2 aliphatic rings. The van der Waals surface area contributed by atoms with Crippen molar-refractivity contribution in [3.05, 3.63) is 0 Å². The summed E-state index contributed by atoms with van der Waals surface area (Å²) in [6.07, 6.45) is 4.96. The summed E-state index contributed by atoms with van der Waals surface area (Å²) in [5.74, 6) is 1.16. The highest BCUT2D eigenvalue weighted by atomic mass is 16.2. The number of hydrogen-bond donors (Lipinski definition) is 2. The lowest BCUT2D eigenvalue weighted by atomic mass is 10.3. The summed E-state index contributed by atoms with van der Waals surface area (Å²) >= 11 is 0. The smallest absolute Gasteiger partial charge is 0.241 e. The van der Waals surface area contributed by atoms with E-state index < -0.39 is 0 Å². The molecule has 0 radical (unpaired) electrons. The molecule has 0 unspecified atom stereocenters. The predicted molar refractivity (Wildman–Crippen MR) is 64.1 cm³/mol. The number of amides is 2. The van der Waals surface area contributed by atoms with E-state index in [1.54, 1.807) is 0 Å². The Bertz CT molecular complexity index is 284. The van der Waals surface area contributed by atoms with Crippen LogP contribution in [0.1, 0.15) is 25.7 Å². The van der Waals surface area contributed by atoms with Crippen LogP contribution in [-0.2, 0) is 9.59 Å². The Labute approximate surface area is 102 Å². The zero-order valence-electron chi connectivity index (χ0n) is 10.2. The van der Waals surface area contributed by atoms with Gasteiger partial charge >= 0.3 is 0 Å². The summed E-state index contributed by atoms with van der Waals surface area (Å²) in [6, 6.07) is 0. The molecular weight excluding hydrogens is 218 g/mol. The van der Waals surface area contributed by atoms with E-state index in [0.29, 0.717) is 11.8 Å². The molecule has 0 aromatic heterocycles. The molecule has 17 heavy (non-hydrogen) atoms. The second-order valence-electron chi connectivity index (χ2n) is 5.17. The highest BCUT2D eigenvalue weighted by molar-refractivity contribution is 5.85. The number of carbonyl (C=O) groups is 2. The van der Waals surface area contributed by atoms with Gasteiger partial charge in [-0.05, 0) is 37.5 Å². The van der Waals surface area contributed by atoms with Crippen LogP contribution in [0, 0.1) is 11.8 Å². The molecule has 0 aliphatic heterocycles. The molecule has 2 saturated carbocycles. The summed E-state index contributed by atoms with van der Waals surface area (Å²) < 4.78 is 0. The van der Waals surface area contributed by atoms with E-state index in [1.165, 1.54) is 25.7 Å². The first-order valence-electron chi connectivity index (χ1n) is 6.43. The zero-order chi connectivity index (χ0) is 12.3. The number of carbonyl (C=O) groups excluding carboxylic acids is 2. The molecule has 0 atom stereocenters. The predicted octanol–water partition coefficient (Wildman–Crippen LogP) is -0.290. The van der Waals surface area contributed by atoms with Crippen molar-refractivity contribution < 1.29 is 9.59 Å². The van der Waals surface area contributed by atoms with Gasteiger partial charge in [-0.25, -0.2) is 0 Å². The summed E-state index contributed by atoms with van der Waals surface area (Å²) in [5.41, 5.74) is 5.18. The molecule has 5 nitrogen and oxygen atoms in total. The largest absolute Gasteiger partial charge is 0.346 e. The first-order chi connectivity index (χ1) is 8.19. The summed E-state index contributed by atoms with van der Waals surface area (Å²) in [4.78, 5) is 24.9. The van der Waals surface area contributed by atoms with Crippen molar-refractivity contribution >= 4 is 11.8 Å². The van der Waals surface area contributed by atoms with E-state index in [4.69, 9.17) is 5.73 Å². The average molecular weight is 239 g/mol. The third-order valence-electron chi connectivity index (χ3n) is 3.33. The average Bonchev–Trinajstić information content (AvgIpc) is 3.18. The van der Waals surface area contributed by atoms with E-state index >= 15 is 0 Å². The fraction of sp³-hybridized carbons (Fsp3) is 0.833. The number of rotatable bonds is 7. The Kier molecular flexibility index (Phi) is 3.99. The number of nitrogens with two attached hydrogens (primary N) is 1. The maximum Gasteiger partial charge on any atom is 0.241 e. The molecule has 0 aromatic rings. The standard InChI is InChI=1S/C12H21N3O2/c13-5-11(16)14-6-12(17)15(7-9-1-2-9)8-10-3-4-10/h9-10H,1-8,13H2,(H,14,16). The van der Waals surface area contributed by atoms with Crippen LogP contribution in [0.3, 0.4) is 0 Å². The molecule has 5 heteroatoms. The molecule has 2 aliphatic carbocycles. The SMILES string of the molecule is NCC(=O)NCC(=O)N(CC1CC1)CC1CC1. The van der Waals surface area contributed by atoms with Crippen molar-refractivity contribution in [1.82, 2.24) is 10.2 Å². The molecule has 0 saturated heterocycles. The Balaban J connectivity index is 1.75. The fourth-order valence-corrected chi connectivity index (χ4v) is 1.86. The minimum Gasteiger partial charge on any atom is -0.346 e. The second-order valence-corrected chi connectivity index (χ2v) is 5.17. The van der Waals surface area contributed by atoms with Crippen LogP contribution in [0.5, 0.6) is 0 Å². The van der Waals surface area contributed by atoms with Gasteiger partial charge in [0.15, 0.2) is 0 Å². The van der Waals surface area contributed by atoms with Gasteiger partial charge in [-0.2, -0.15) is 0 Å². The molecule has 0 bridgehead atoms. The topological polar surface area (TPSA) is 75.4 Å². The van der Waals surface area contributed by atoms with E-state index in [-0.39, 0.29) is 24.9 Å². The van der Waals surface area contributed by atoms with E-state index in [2.05, 4.69) is 5.32 Å². The van der Waals surface area contributed by atoms with Gasteiger partial charge in [0, 0.05) is 13.1 Å². The third kappa shape index (κ3) is 4.34. The summed E-state index contributed by atoms with van der Waals surface area (Å²) in [7, 11) is 0. The highest BCUT2D eigenvalue weighted by Gasteiger charge is 2.31. The summed E-state index contributed by atoms with van der Waals surface area (Å²) in [5, 5.41) is 2.54. The van der Waals surface area contributed by atoms with E-state index in [0.717, 1.165) is 13.1 Å². The first-order valence-corrected chi connectivity index (χ1v) is 6.43. The molecule has 96 valence electrons. The fourth-order valence-electron chi connectivity index (χ4n) is 1.86. The highest BCUT2D eigenvalue weighted by Crippen LogP contribution is 2.33. The molecule has 0 aromatic carbocycles. The summed E-state index contributed by atoms with van der Waals surface area (Å²) in [6.45, 7) is 1.77. The van der Waals surface area contributed by atoms with Crippen LogP contribution in [0.4, 0.5) is 0 Å². The molecule has 2 rings (SSSR count). The molecule has 0 spiro atoms. The minimum absolute atomic E-state index is 0.0330. The van der Waals surface area contributed by atoms with Gasteiger partial charge in [-0.3, -0.25) is 9.59 Å². The maximum absolute atomic E-state index is 12.0. The quantitative estimate of drug-likeness (QED) is 0.641. The van der Waals surface area contributed by atoms with Crippen molar-refractivity contribution in [2.45, 2.75) is 25.7 Å². The minimum atomic E-state index is -0.267. The number of nitrogens with one attached hydrogen (secondary N) is 1. The lowest BCUT2D eigenvalue weighted by Gasteiger charge is -2.22. The molecule has 2 amide bonds. The van der Waals surface area contributed by atoms with Gasteiger partial charge in [0.05, 0.1) is 13.1 Å². The van der Waals surface area contributed by atoms with Gasteiger partial charge in [0.2, 0.25) is 11.8 Å². The van der Waals surface area contributed by atoms with Crippen LogP contribution >= 0.6 is 0 Å². The Hall–Kier alpha value is -1.10. The van der Waals surface area contributed by atoms with E-state index in [9.17, 15) is 9.59 Å². The lowest BCUT2D eigenvalue weighted by molar-refractivity contribution is -0.133. The van der Waals surface area contributed by atoms with Gasteiger partial charge in [-0.1, -0.05) is 0 Å². The van der Waals surface area contributed by atoms with Gasteiger partial charge in [-0.15, -0.1) is 0 Å².